The average molecular weight is 473 g/mol. The molecule has 4 aromatic rings. The first kappa shape index (κ1) is 20.9. The van der Waals surface area contributed by atoms with Gasteiger partial charge in [0.05, 0.1) is 16.7 Å². The second-order valence-electron chi connectivity index (χ2n) is 7.89. The van der Waals surface area contributed by atoms with Gasteiger partial charge in [0.1, 0.15) is 15.4 Å². The highest BCUT2D eigenvalue weighted by Crippen LogP contribution is 2.35. The number of H-pyrrole nitrogens is 1. The van der Waals surface area contributed by atoms with Crippen molar-refractivity contribution < 1.29 is 0 Å². The summed E-state index contributed by atoms with van der Waals surface area (Å²) in [5, 5.41) is 3.44. The number of fused-ring (bicyclic) bond motifs is 4. The Hall–Kier alpha value is -1.97. The van der Waals surface area contributed by atoms with Gasteiger partial charge in [-0.15, -0.1) is 22.7 Å². The van der Waals surface area contributed by atoms with Gasteiger partial charge in [-0.25, -0.2) is 9.97 Å². The number of hydrogen-bond acceptors (Lipinski definition) is 7. The Morgan fingerprint density at radius 2 is 2.06 bits per heavy atom. The van der Waals surface area contributed by atoms with Gasteiger partial charge >= 0.3 is 0 Å². The van der Waals surface area contributed by atoms with Crippen molar-refractivity contribution in [2.75, 3.05) is 0 Å². The summed E-state index contributed by atoms with van der Waals surface area (Å²) in [5.74, 6) is 1.08. The number of unbranched alkanes of at least 4 members (excludes halogenated alkanes) is 2. The minimum Gasteiger partial charge on any atom is -0.309 e. The zero-order chi connectivity index (χ0) is 21.4. The summed E-state index contributed by atoms with van der Waals surface area (Å²) in [4.78, 5) is 40.4. The Labute approximate surface area is 191 Å². The zero-order valence-electron chi connectivity index (χ0n) is 17.4. The topological polar surface area (TPSA) is 80.6 Å². The molecule has 0 bridgehead atoms. The van der Waals surface area contributed by atoms with Gasteiger partial charge in [0, 0.05) is 11.4 Å². The highest BCUT2D eigenvalue weighted by atomic mass is 32.2. The first-order valence-electron chi connectivity index (χ1n) is 10.8. The summed E-state index contributed by atoms with van der Waals surface area (Å²) in [7, 11) is 0. The van der Waals surface area contributed by atoms with Gasteiger partial charge in [0.25, 0.3) is 11.1 Å². The normalized spacial score (nSPS) is 13.8. The van der Waals surface area contributed by atoms with Crippen LogP contribution in [-0.4, -0.2) is 19.5 Å². The number of hydrogen-bond donors (Lipinski definition) is 1. The third-order valence-electron chi connectivity index (χ3n) is 5.73. The van der Waals surface area contributed by atoms with Crippen LogP contribution in [0.5, 0.6) is 0 Å². The zero-order valence-corrected chi connectivity index (χ0v) is 19.9. The van der Waals surface area contributed by atoms with Crippen LogP contribution >= 0.6 is 34.4 Å². The molecule has 0 unspecified atom stereocenters. The SMILES string of the molecule is CCCCCn1c(SCc2nc3ccsc3c(=O)[nH]2)nc2sc3c(c2c1=O)CCCC3. The quantitative estimate of drug-likeness (QED) is 0.229. The highest BCUT2D eigenvalue weighted by Gasteiger charge is 2.22. The van der Waals surface area contributed by atoms with E-state index in [0.29, 0.717) is 22.8 Å². The molecule has 0 atom stereocenters. The molecule has 0 amide bonds. The van der Waals surface area contributed by atoms with Crippen molar-refractivity contribution in [2.24, 2.45) is 0 Å². The molecule has 0 fully saturated rings. The predicted molar refractivity (Wildman–Crippen MR) is 130 cm³/mol. The van der Waals surface area contributed by atoms with E-state index in [4.69, 9.17) is 4.98 Å². The Balaban J connectivity index is 1.53. The summed E-state index contributed by atoms with van der Waals surface area (Å²) < 4.78 is 2.50. The first-order chi connectivity index (χ1) is 15.2. The Kier molecular flexibility index (Phi) is 5.99. The summed E-state index contributed by atoms with van der Waals surface area (Å²) in [5.41, 5.74) is 1.94. The fraction of sp³-hybridized carbons (Fsp3) is 0.455. The van der Waals surface area contributed by atoms with Gasteiger partial charge in [-0.3, -0.25) is 14.2 Å². The molecular weight excluding hydrogens is 448 g/mol. The fourth-order valence-electron chi connectivity index (χ4n) is 4.17. The van der Waals surface area contributed by atoms with Crippen LogP contribution in [0.15, 0.2) is 26.2 Å². The number of aromatic amines is 1. The van der Waals surface area contributed by atoms with Gasteiger partial charge in [-0.05, 0) is 49.1 Å². The lowest BCUT2D eigenvalue weighted by Crippen LogP contribution is -2.24. The molecule has 0 aliphatic heterocycles. The highest BCUT2D eigenvalue weighted by molar-refractivity contribution is 7.98. The lowest BCUT2D eigenvalue weighted by atomic mass is 9.97. The largest absolute Gasteiger partial charge is 0.309 e. The Morgan fingerprint density at radius 1 is 1.19 bits per heavy atom. The summed E-state index contributed by atoms with van der Waals surface area (Å²) in [6.07, 6.45) is 7.52. The second-order valence-corrected chi connectivity index (χ2v) is 10.8. The molecule has 1 N–H and O–H groups in total. The van der Waals surface area contributed by atoms with E-state index < -0.39 is 0 Å². The Bertz CT molecular complexity index is 1370. The molecule has 0 aromatic carbocycles. The molecule has 1 aliphatic carbocycles. The van der Waals surface area contributed by atoms with Crippen LogP contribution in [-0.2, 0) is 25.1 Å². The van der Waals surface area contributed by atoms with E-state index in [0.717, 1.165) is 59.4 Å². The fourth-order valence-corrected chi connectivity index (χ4v) is 7.09. The molecule has 0 radical (unpaired) electrons. The van der Waals surface area contributed by atoms with Crippen molar-refractivity contribution >= 4 is 54.9 Å². The molecule has 4 aromatic heterocycles. The third kappa shape index (κ3) is 3.99. The molecule has 31 heavy (non-hydrogen) atoms. The summed E-state index contributed by atoms with van der Waals surface area (Å²) in [6, 6.07) is 1.87. The van der Waals surface area contributed by atoms with Crippen molar-refractivity contribution in [3.8, 4) is 0 Å². The molecular formula is C22H24N4O2S3. The van der Waals surface area contributed by atoms with Crippen LogP contribution < -0.4 is 11.1 Å². The van der Waals surface area contributed by atoms with E-state index in [1.54, 1.807) is 11.3 Å². The monoisotopic (exact) mass is 472 g/mol. The standard InChI is InChI=1S/C22H24N4O2S3/c1-2-3-6-10-26-21(28)17-13-7-4-5-8-15(13)31-20(17)25-22(26)30-12-16-23-14-9-11-29-18(14)19(27)24-16/h9,11H,2-8,10,12H2,1H3,(H,23,24,27). The minimum absolute atomic E-state index is 0.0951. The van der Waals surface area contributed by atoms with Crippen LogP contribution in [0.25, 0.3) is 20.4 Å². The first-order valence-corrected chi connectivity index (χ1v) is 13.5. The molecule has 0 spiro atoms. The third-order valence-corrected chi connectivity index (χ3v) is 8.80. The van der Waals surface area contributed by atoms with Crippen molar-refractivity contribution in [3.05, 3.63) is 48.4 Å². The predicted octanol–water partition coefficient (Wildman–Crippen LogP) is 5.12. The number of nitrogens with zero attached hydrogens (tertiary/aromatic N) is 3. The lowest BCUT2D eigenvalue weighted by molar-refractivity contribution is 0.541. The lowest BCUT2D eigenvalue weighted by Gasteiger charge is -2.13. The maximum absolute atomic E-state index is 13.5. The molecule has 162 valence electrons. The van der Waals surface area contributed by atoms with E-state index >= 15 is 0 Å². The smallest absolute Gasteiger partial charge is 0.268 e. The van der Waals surface area contributed by atoms with E-state index in [9.17, 15) is 9.59 Å². The van der Waals surface area contributed by atoms with E-state index in [1.807, 2.05) is 16.0 Å². The second kappa shape index (κ2) is 8.88. The molecule has 4 heterocycles. The summed E-state index contributed by atoms with van der Waals surface area (Å²) >= 11 is 4.56. The molecule has 1 aliphatic rings. The number of thiophene rings is 2. The van der Waals surface area contributed by atoms with E-state index in [2.05, 4.69) is 16.9 Å². The van der Waals surface area contributed by atoms with Gasteiger partial charge in [-0.1, -0.05) is 31.5 Å². The molecule has 0 saturated carbocycles. The van der Waals surface area contributed by atoms with Crippen LogP contribution in [0.2, 0.25) is 0 Å². The van der Waals surface area contributed by atoms with Crippen LogP contribution in [0, 0.1) is 0 Å². The number of rotatable bonds is 7. The van der Waals surface area contributed by atoms with Crippen LogP contribution in [0.3, 0.4) is 0 Å². The van der Waals surface area contributed by atoms with Crippen molar-refractivity contribution in [1.29, 1.82) is 0 Å². The molecule has 5 rings (SSSR count). The number of aryl methyl sites for hydroxylation is 2. The van der Waals surface area contributed by atoms with E-state index in [1.165, 1.54) is 40.0 Å². The van der Waals surface area contributed by atoms with Gasteiger partial charge in [0.2, 0.25) is 0 Å². The molecule has 9 heteroatoms. The Morgan fingerprint density at radius 3 is 2.94 bits per heavy atom. The van der Waals surface area contributed by atoms with Crippen molar-refractivity contribution in [3.63, 3.8) is 0 Å². The van der Waals surface area contributed by atoms with Gasteiger partial charge in [0.15, 0.2) is 5.16 Å². The number of thioether (sulfide) groups is 1. The van der Waals surface area contributed by atoms with Crippen LogP contribution in [0.4, 0.5) is 0 Å². The molecule has 6 nitrogen and oxygen atoms in total. The van der Waals surface area contributed by atoms with Crippen molar-refractivity contribution in [1.82, 2.24) is 19.5 Å². The minimum atomic E-state index is -0.106. The molecule has 0 saturated heterocycles. The summed E-state index contributed by atoms with van der Waals surface area (Å²) in [6.45, 7) is 2.84. The average Bonchev–Trinajstić information content (AvgIpc) is 3.38. The van der Waals surface area contributed by atoms with Gasteiger partial charge < -0.3 is 4.98 Å². The van der Waals surface area contributed by atoms with Crippen LogP contribution in [0.1, 0.15) is 55.3 Å². The van der Waals surface area contributed by atoms with E-state index in [-0.39, 0.29) is 11.1 Å². The van der Waals surface area contributed by atoms with Gasteiger partial charge in [-0.2, -0.15) is 0 Å². The maximum atomic E-state index is 13.5. The maximum Gasteiger partial charge on any atom is 0.268 e. The number of nitrogens with one attached hydrogen (secondary N) is 1. The number of aromatic nitrogens is 4. The van der Waals surface area contributed by atoms with Crippen molar-refractivity contribution in [2.45, 2.75) is 69.3 Å².